The van der Waals surface area contributed by atoms with Crippen molar-refractivity contribution >= 4 is 0 Å². The average Bonchev–Trinajstić information content (AvgIpc) is 2.44. The van der Waals surface area contributed by atoms with Gasteiger partial charge < -0.3 is 14.6 Å². The number of benzene rings is 1. The van der Waals surface area contributed by atoms with Crippen molar-refractivity contribution < 1.29 is 14.6 Å². The zero-order chi connectivity index (χ0) is 14.5. The molecule has 0 aromatic heterocycles. The summed E-state index contributed by atoms with van der Waals surface area (Å²) in [6.45, 7) is 7.36. The van der Waals surface area contributed by atoms with E-state index in [0.717, 1.165) is 5.57 Å². The van der Waals surface area contributed by atoms with Crippen LogP contribution in [-0.4, -0.2) is 24.1 Å². The Labute approximate surface area is 121 Å². The molecule has 2 rings (SSSR count). The summed E-state index contributed by atoms with van der Waals surface area (Å²) < 4.78 is 11.4. The van der Waals surface area contributed by atoms with Gasteiger partial charge in [0.1, 0.15) is 0 Å². The molecule has 1 aromatic rings. The van der Waals surface area contributed by atoms with E-state index in [2.05, 4.69) is 32.1 Å². The van der Waals surface area contributed by atoms with Gasteiger partial charge in [-0.25, -0.2) is 0 Å². The molecule has 0 fully saturated rings. The zero-order valence-electron chi connectivity index (χ0n) is 12.5. The first-order valence-electron chi connectivity index (χ1n) is 7.21. The number of hydrogen-bond donors (Lipinski definition) is 1. The molecule has 4 atom stereocenters. The summed E-state index contributed by atoms with van der Waals surface area (Å²) in [5.74, 6) is 0.543. The van der Waals surface area contributed by atoms with Gasteiger partial charge >= 0.3 is 0 Å². The zero-order valence-corrected chi connectivity index (χ0v) is 12.5. The maximum Gasteiger partial charge on any atom is 0.177 e. The molecule has 1 N–H and O–H groups in total. The minimum Gasteiger partial charge on any atom is -0.376 e. The molecular weight excluding hydrogens is 252 g/mol. The van der Waals surface area contributed by atoms with Gasteiger partial charge in [0.15, 0.2) is 6.29 Å². The lowest BCUT2D eigenvalue weighted by Crippen LogP contribution is -2.38. The molecule has 0 radical (unpaired) electrons. The van der Waals surface area contributed by atoms with Crippen molar-refractivity contribution in [2.75, 3.05) is 6.61 Å². The Morgan fingerprint density at radius 1 is 1.30 bits per heavy atom. The van der Waals surface area contributed by atoms with Gasteiger partial charge in [0.2, 0.25) is 0 Å². The SMILES string of the molecule is CC1=C[C@H](C)[C@H]([C@@H](C)COCc2ccccc2)OC1O. The van der Waals surface area contributed by atoms with Crippen LogP contribution in [-0.2, 0) is 16.1 Å². The van der Waals surface area contributed by atoms with Gasteiger partial charge in [-0.15, -0.1) is 0 Å². The molecule has 1 aliphatic rings. The van der Waals surface area contributed by atoms with Crippen LogP contribution in [0.4, 0.5) is 0 Å². The van der Waals surface area contributed by atoms with Gasteiger partial charge in [-0.3, -0.25) is 0 Å². The van der Waals surface area contributed by atoms with Crippen LogP contribution in [0.15, 0.2) is 42.0 Å². The summed E-state index contributed by atoms with van der Waals surface area (Å²) in [6, 6.07) is 10.1. The number of aliphatic hydroxyl groups is 1. The lowest BCUT2D eigenvalue weighted by atomic mass is 9.90. The molecule has 0 saturated carbocycles. The number of aliphatic hydroxyl groups excluding tert-OH is 1. The van der Waals surface area contributed by atoms with Crippen LogP contribution in [0.1, 0.15) is 26.3 Å². The topological polar surface area (TPSA) is 38.7 Å². The first-order valence-corrected chi connectivity index (χ1v) is 7.21. The van der Waals surface area contributed by atoms with E-state index < -0.39 is 6.29 Å². The van der Waals surface area contributed by atoms with E-state index in [1.54, 1.807) is 0 Å². The van der Waals surface area contributed by atoms with E-state index in [4.69, 9.17) is 9.47 Å². The van der Waals surface area contributed by atoms with Crippen LogP contribution >= 0.6 is 0 Å². The lowest BCUT2D eigenvalue weighted by Gasteiger charge is -2.34. The fourth-order valence-corrected chi connectivity index (χ4v) is 2.66. The first-order chi connectivity index (χ1) is 9.58. The number of rotatable bonds is 5. The molecule has 1 unspecified atom stereocenters. The molecule has 0 spiro atoms. The summed E-state index contributed by atoms with van der Waals surface area (Å²) in [6.07, 6.45) is 1.32. The van der Waals surface area contributed by atoms with Crippen LogP contribution in [0.25, 0.3) is 0 Å². The second-order valence-corrected chi connectivity index (χ2v) is 5.70. The quantitative estimate of drug-likeness (QED) is 0.840. The van der Waals surface area contributed by atoms with Crippen LogP contribution in [0, 0.1) is 11.8 Å². The Morgan fingerprint density at radius 3 is 2.70 bits per heavy atom. The molecule has 3 nitrogen and oxygen atoms in total. The predicted molar refractivity (Wildman–Crippen MR) is 79.1 cm³/mol. The van der Waals surface area contributed by atoms with E-state index in [0.29, 0.717) is 19.1 Å². The highest BCUT2D eigenvalue weighted by Crippen LogP contribution is 2.27. The third kappa shape index (κ3) is 3.92. The molecule has 3 heteroatoms. The molecule has 20 heavy (non-hydrogen) atoms. The Bertz CT molecular complexity index is 441. The minimum absolute atomic E-state index is 0.00414. The average molecular weight is 276 g/mol. The minimum atomic E-state index is -0.771. The molecule has 0 bridgehead atoms. The predicted octanol–water partition coefficient (Wildman–Crippen LogP) is 3.14. The van der Waals surface area contributed by atoms with Gasteiger partial charge in [-0.05, 0) is 18.1 Å². The van der Waals surface area contributed by atoms with Crippen molar-refractivity contribution in [3.05, 3.63) is 47.5 Å². The molecule has 1 heterocycles. The van der Waals surface area contributed by atoms with Crippen LogP contribution in [0.3, 0.4) is 0 Å². The van der Waals surface area contributed by atoms with Crippen LogP contribution < -0.4 is 0 Å². The van der Waals surface area contributed by atoms with Crippen molar-refractivity contribution in [1.29, 1.82) is 0 Å². The van der Waals surface area contributed by atoms with Gasteiger partial charge in [-0.2, -0.15) is 0 Å². The van der Waals surface area contributed by atoms with Crippen molar-refractivity contribution in [2.24, 2.45) is 11.8 Å². The van der Waals surface area contributed by atoms with E-state index in [1.165, 1.54) is 5.56 Å². The largest absolute Gasteiger partial charge is 0.376 e. The second kappa shape index (κ2) is 7.02. The third-order valence-corrected chi connectivity index (χ3v) is 3.77. The Hall–Kier alpha value is -1.16. The molecule has 110 valence electrons. The highest BCUT2D eigenvalue weighted by atomic mass is 16.6. The van der Waals surface area contributed by atoms with Gasteiger partial charge in [0.05, 0.1) is 19.3 Å². The molecular formula is C17H24O3. The normalized spacial score (nSPS) is 28.0. The summed E-state index contributed by atoms with van der Waals surface area (Å²) in [5.41, 5.74) is 2.07. The maximum absolute atomic E-state index is 9.79. The lowest BCUT2D eigenvalue weighted by molar-refractivity contribution is -0.155. The van der Waals surface area contributed by atoms with E-state index in [9.17, 15) is 5.11 Å². The smallest absolute Gasteiger partial charge is 0.177 e. The first kappa shape index (κ1) is 15.2. The van der Waals surface area contributed by atoms with Gasteiger partial charge in [-0.1, -0.05) is 50.3 Å². The summed E-state index contributed by atoms with van der Waals surface area (Å²) >= 11 is 0. The molecule has 1 aliphatic heterocycles. The Balaban J connectivity index is 1.82. The highest BCUT2D eigenvalue weighted by Gasteiger charge is 2.30. The molecule has 0 amide bonds. The van der Waals surface area contributed by atoms with Crippen molar-refractivity contribution in [1.82, 2.24) is 0 Å². The fraction of sp³-hybridized carbons (Fsp3) is 0.529. The van der Waals surface area contributed by atoms with Crippen LogP contribution in [0.2, 0.25) is 0 Å². The molecule has 0 aliphatic carbocycles. The van der Waals surface area contributed by atoms with E-state index in [1.807, 2.05) is 25.1 Å². The second-order valence-electron chi connectivity index (χ2n) is 5.70. The third-order valence-electron chi connectivity index (χ3n) is 3.77. The molecule has 1 aromatic carbocycles. The van der Waals surface area contributed by atoms with Crippen molar-refractivity contribution in [2.45, 2.75) is 39.8 Å². The number of ether oxygens (including phenoxy) is 2. The Morgan fingerprint density at radius 2 is 2.00 bits per heavy atom. The Kier molecular flexibility index (Phi) is 5.35. The molecule has 0 saturated heterocycles. The van der Waals surface area contributed by atoms with E-state index in [-0.39, 0.29) is 12.0 Å². The highest BCUT2D eigenvalue weighted by molar-refractivity contribution is 5.13. The standard InChI is InChI=1S/C17H24O3/c1-12-9-13(2)17(18)20-16(12)14(3)10-19-11-15-7-5-4-6-8-15/h4-9,12,14,16-18H,10-11H2,1-3H3/t12-,14-,16+,17?/m0/s1. The summed E-state index contributed by atoms with van der Waals surface area (Å²) in [7, 11) is 0. The monoisotopic (exact) mass is 276 g/mol. The summed E-state index contributed by atoms with van der Waals surface area (Å²) in [4.78, 5) is 0. The van der Waals surface area contributed by atoms with Crippen LogP contribution in [0.5, 0.6) is 0 Å². The maximum atomic E-state index is 9.79. The van der Waals surface area contributed by atoms with Gasteiger partial charge in [0.25, 0.3) is 0 Å². The van der Waals surface area contributed by atoms with Gasteiger partial charge in [0, 0.05) is 11.8 Å². The van der Waals surface area contributed by atoms with Crippen molar-refractivity contribution in [3.8, 4) is 0 Å². The summed E-state index contributed by atoms with van der Waals surface area (Å²) in [5, 5.41) is 9.79. The fourth-order valence-electron chi connectivity index (χ4n) is 2.66. The van der Waals surface area contributed by atoms with Crippen molar-refractivity contribution in [3.63, 3.8) is 0 Å². The number of hydrogen-bond acceptors (Lipinski definition) is 3. The van der Waals surface area contributed by atoms with E-state index >= 15 is 0 Å².